The highest BCUT2D eigenvalue weighted by Gasteiger charge is 2.43. The Bertz CT molecular complexity index is 509. The minimum atomic E-state index is -0.930. The largest absolute Gasteiger partial charge is 0.480 e. The number of carbonyl (C=O) groups is 2. The second kappa shape index (κ2) is 7.22. The van der Waals surface area contributed by atoms with E-state index >= 15 is 0 Å². The number of amides is 1. The lowest BCUT2D eigenvalue weighted by Gasteiger charge is -2.26. The summed E-state index contributed by atoms with van der Waals surface area (Å²) >= 11 is 5.67. The number of likely N-dealkylation sites (tertiary alicyclic amines) is 1. The Morgan fingerprint density at radius 1 is 1.43 bits per heavy atom. The number of carboxylic acids is 1. The van der Waals surface area contributed by atoms with Crippen LogP contribution in [0.5, 0.6) is 0 Å². The Labute approximate surface area is 134 Å². The molecular formula is C15H19NO3S2. The molecule has 1 heterocycles. The summed E-state index contributed by atoms with van der Waals surface area (Å²) in [6, 6.07) is 8.95. The maximum Gasteiger partial charge on any atom is 0.327 e. The number of thioether (sulfide) groups is 1. The molecule has 0 aromatic heterocycles. The van der Waals surface area contributed by atoms with Crippen LogP contribution in [0.4, 0.5) is 0 Å². The average molecular weight is 325 g/mol. The van der Waals surface area contributed by atoms with Crippen LogP contribution in [0.15, 0.2) is 35.2 Å². The number of carboxylic acid groups (broad SMARTS) is 1. The molecule has 1 aromatic carbocycles. The van der Waals surface area contributed by atoms with Crippen molar-refractivity contribution in [2.24, 2.45) is 5.92 Å². The summed E-state index contributed by atoms with van der Waals surface area (Å²) < 4.78 is 0. The zero-order valence-corrected chi connectivity index (χ0v) is 13.5. The zero-order valence-electron chi connectivity index (χ0n) is 11.8. The first-order valence-electron chi connectivity index (χ1n) is 6.90. The van der Waals surface area contributed by atoms with Gasteiger partial charge in [-0.3, -0.25) is 4.79 Å². The summed E-state index contributed by atoms with van der Waals surface area (Å²) in [5.41, 5.74) is 0. The lowest BCUT2D eigenvalue weighted by Crippen LogP contribution is -2.46. The van der Waals surface area contributed by atoms with Gasteiger partial charge in [0, 0.05) is 28.4 Å². The fourth-order valence-corrected chi connectivity index (χ4v) is 3.90. The summed E-state index contributed by atoms with van der Waals surface area (Å²) in [6.45, 7) is 2.28. The van der Waals surface area contributed by atoms with Gasteiger partial charge in [0.05, 0.1) is 0 Å². The van der Waals surface area contributed by atoms with Crippen molar-refractivity contribution < 1.29 is 14.7 Å². The predicted octanol–water partition coefficient (Wildman–Crippen LogP) is 2.40. The number of benzene rings is 1. The molecule has 21 heavy (non-hydrogen) atoms. The van der Waals surface area contributed by atoms with E-state index in [1.807, 2.05) is 30.3 Å². The van der Waals surface area contributed by atoms with Crippen LogP contribution in [-0.2, 0) is 9.59 Å². The molecule has 1 aromatic rings. The molecule has 3 atom stereocenters. The molecule has 1 N–H and O–H groups in total. The van der Waals surface area contributed by atoms with Gasteiger partial charge in [-0.25, -0.2) is 4.79 Å². The van der Waals surface area contributed by atoms with Gasteiger partial charge >= 0.3 is 5.97 Å². The third-order valence-corrected chi connectivity index (χ3v) is 5.49. The molecule has 1 aliphatic heterocycles. The van der Waals surface area contributed by atoms with E-state index in [0.29, 0.717) is 18.7 Å². The van der Waals surface area contributed by atoms with Crippen molar-refractivity contribution in [1.82, 2.24) is 4.90 Å². The van der Waals surface area contributed by atoms with E-state index in [9.17, 15) is 14.7 Å². The highest BCUT2D eigenvalue weighted by molar-refractivity contribution is 8.00. The normalized spacial score (nSPS) is 23.0. The first kappa shape index (κ1) is 16.2. The number of hydrogen-bond donors (Lipinski definition) is 2. The van der Waals surface area contributed by atoms with Crippen molar-refractivity contribution in [2.45, 2.75) is 29.5 Å². The molecule has 1 aliphatic rings. The SMILES string of the molecule is CC(CS)C(=O)N1CC[C@@H](Sc2ccccc2)[C@H]1C(=O)O. The maximum atomic E-state index is 12.3. The van der Waals surface area contributed by atoms with Gasteiger partial charge in [0.2, 0.25) is 5.91 Å². The van der Waals surface area contributed by atoms with Crippen LogP contribution in [0.1, 0.15) is 13.3 Å². The molecule has 4 nitrogen and oxygen atoms in total. The quantitative estimate of drug-likeness (QED) is 0.816. The fourth-order valence-electron chi connectivity index (χ4n) is 2.46. The molecule has 0 radical (unpaired) electrons. The monoisotopic (exact) mass is 325 g/mol. The van der Waals surface area contributed by atoms with E-state index in [1.54, 1.807) is 6.92 Å². The van der Waals surface area contributed by atoms with Gasteiger partial charge < -0.3 is 10.0 Å². The van der Waals surface area contributed by atoms with Crippen LogP contribution >= 0.6 is 24.4 Å². The smallest absolute Gasteiger partial charge is 0.327 e. The Morgan fingerprint density at radius 3 is 2.67 bits per heavy atom. The summed E-state index contributed by atoms with van der Waals surface area (Å²) in [6.07, 6.45) is 0.696. The second-order valence-corrected chi connectivity index (χ2v) is 6.83. The molecule has 1 fully saturated rings. The average Bonchev–Trinajstić information content (AvgIpc) is 2.90. The number of nitrogens with zero attached hydrogens (tertiary/aromatic N) is 1. The zero-order chi connectivity index (χ0) is 15.4. The highest BCUT2D eigenvalue weighted by atomic mass is 32.2. The van der Waals surface area contributed by atoms with Gasteiger partial charge in [0.1, 0.15) is 6.04 Å². The third-order valence-electron chi connectivity index (χ3n) is 3.60. The van der Waals surface area contributed by atoms with E-state index in [2.05, 4.69) is 12.6 Å². The molecule has 1 saturated heterocycles. The van der Waals surface area contributed by atoms with E-state index in [-0.39, 0.29) is 17.1 Å². The summed E-state index contributed by atoms with van der Waals surface area (Å²) in [4.78, 5) is 26.4. The first-order valence-corrected chi connectivity index (χ1v) is 8.41. The Hall–Kier alpha value is -1.14. The number of thiol groups is 1. The third kappa shape index (κ3) is 3.74. The van der Waals surface area contributed by atoms with Crippen molar-refractivity contribution in [3.63, 3.8) is 0 Å². The van der Waals surface area contributed by atoms with Crippen molar-refractivity contribution in [2.75, 3.05) is 12.3 Å². The summed E-state index contributed by atoms with van der Waals surface area (Å²) in [5, 5.41) is 9.40. The fraction of sp³-hybridized carbons (Fsp3) is 0.467. The highest BCUT2D eigenvalue weighted by Crippen LogP contribution is 2.35. The number of aliphatic carboxylic acids is 1. The van der Waals surface area contributed by atoms with Crippen LogP contribution in [0.3, 0.4) is 0 Å². The lowest BCUT2D eigenvalue weighted by molar-refractivity contribution is -0.149. The Morgan fingerprint density at radius 2 is 2.10 bits per heavy atom. The molecule has 0 saturated carbocycles. The molecule has 6 heteroatoms. The standard InChI is InChI=1S/C15H19NO3S2/c1-10(9-20)14(17)16-8-7-12(13(16)15(18)19)21-11-5-3-2-4-6-11/h2-6,10,12-13,20H,7-9H2,1H3,(H,18,19)/t10?,12-,13+/m1/s1. The van der Waals surface area contributed by atoms with Crippen LogP contribution in [0, 0.1) is 5.92 Å². The van der Waals surface area contributed by atoms with E-state index in [0.717, 1.165) is 4.90 Å². The van der Waals surface area contributed by atoms with Gasteiger partial charge in [-0.05, 0) is 18.6 Å². The van der Waals surface area contributed by atoms with Gasteiger partial charge in [0.15, 0.2) is 0 Å². The minimum absolute atomic E-state index is 0.110. The van der Waals surface area contributed by atoms with E-state index in [1.165, 1.54) is 16.7 Å². The van der Waals surface area contributed by atoms with E-state index in [4.69, 9.17) is 0 Å². The first-order chi connectivity index (χ1) is 10.0. The van der Waals surface area contributed by atoms with Crippen molar-refractivity contribution >= 4 is 36.3 Å². The summed E-state index contributed by atoms with van der Waals surface area (Å²) in [7, 11) is 0. The van der Waals surface area contributed by atoms with Crippen LogP contribution in [0.25, 0.3) is 0 Å². The second-order valence-electron chi connectivity index (χ2n) is 5.16. The van der Waals surface area contributed by atoms with Crippen LogP contribution < -0.4 is 0 Å². The van der Waals surface area contributed by atoms with Gasteiger partial charge in [-0.15, -0.1) is 11.8 Å². The molecule has 2 rings (SSSR count). The summed E-state index contributed by atoms with van der Waals surface area (Å²) in [5.74, 6) is -0.872. The molecule has 0 bridgehead atoms. The molecule has 0 aliphatic carbocycles. The molecule has 1 amide bonds. The van der Waals surface area contributed by atoms with E-state index < -0.39 is 12.0 Å². The van der Waals surface area contributed by atoms with Crippen LogP contribution in [0.2, 0.25) is 0 Å². The maximum absolute atomic E-state index is 12.3. The Kier molecular flexibility index (Phi) is 5.58. The van der Waals surface area contributed by atoms with Gasteiger partial charge in [-0.1, -0.05) is 25.1 Å². The van der Waals surface area contributed by atoms with Crippen molar-refractivity contribution in [3.05, 3.63) is 30.3 Å². The Balaban J connectivity index is 2.13. The predicted molar refractivity (Wildman–Crippen MR) is 86.9 cm³/mol. The van der Waals surface area contributed by atoms with Crippen LogP contribution in [-0.4, -0.2) is 45.5 Å². The molecular weight excluding hydrogens is 306 g/mol. The van der Waals surface area contributed by atoms with Gasteiger partial charge in [-0.2, -0.15) is 12.6 Å². The van der Waals surface area contributed by atoms with Crippen molar-refractivity contribution in [3.8, 4) is 0 Å². The van der Waals surface area contributed by atoms with Gasteiger partial charge in [0.25, 0.3) is 0 Å². The number of hydrogen-bond acceptors (Lipinski definition) is 4. The number of rotatable bonds is 5. The lowest BCUT2D eigenvalue weighted by atomic mass is 10.1. The topological polar surface area (TPSA) is 57.6 Å². The van der Waals surface area contributed by atoms with Crippen molar-refractivity contribution in [1.29, 1.82) is 0 Å². The molecule has 114 valence electrons. The molecule has 0 spiro atoms. The molecule has 1 unspecified atom stereocenters. The number of carbonyl (C=O) groups excluding carboxylic acids is 1. The minimum Gasteiger partial charge on any atom is -0.480 e.